The Morgan fingerprint density at radius 3 is 2.38 bits per heavy atom. The Bertz CT molecular complexity index is 881. The molecule has 29 heavy (non-hydrogen) atoms. The number of nitro benzene ring substituents is 1. The molecular formula is C20H22N2O7. The summed E-state index contributed by atoms with van der Waals surface area (Å²) < 4.78 is 15.3. The van der Waals surface area contributed by atoms with E-state index in [1.54, 1.807) is 12.1 Å². The molecule has 2 rings (SSSR count). The molecule has 0 aliphatic rings. The number of anilines is 1. The molecule has 9 nitrogen and oxygen atoms in total. The number of nitrogens with zero attached hydrogens (tertiary/aromatic N) is 1. The SMILES string of the molecule is CCc1ccc(OCC(=O)OC(C)C(=O)Nc2ccc(OC)cc2[N+](=O)[O-])cc1. The van der Waals surface area contributed by atoms with Gasteiger partial charge < -0.3 is 19.5 Å². The first-order valence-corrected chi connectivity index (χ1v) is 8.88. The topological polar surface area (TPSA) is 117 Å². The summed E-state index contributed by atoms with van der Waals surface area (Å²) in [6.45, 7) is 3.02. The van der Waals surface area contributed by atoms with Gasteiger partial charge in [0.25, 0.3) is 11.6 Å². The number of esters is 1. The van der Waals surface area contributed by atoms with Crippen molar-refractivity contribution < 1.29 is 28.7 Å². The molecular weight excluding hydrogens is 380 g/mol. The van der Waals surface area contributed by atoms with Gasteiger partial charge in [-0.2, -0.15) is 0 Å². The van der Waals surface area contributed by atoms with Crippen LogP contribution in [0.3, 0.4) is 0 Å². The average molecular weight is 402 g/mol. The molecule has 0 aliphatic carbocycles. The van der Waals surface area contributed by atoms with E-state index in [4.69, 9.17) is 14.2 Å². The van der Waals surface area contributed by atoms with Crippen molar-refractivity contribution in [2.24, 2.45) is 0 Å². The van der Waals surface area contributed by atoms with Crippen LogP contribution in [0.5, 0.6) is 11.5 Å². The molecule has 1 amide bonds. The first-order valence-electron chi connectivity index (χ1n) is 8.88. The van der Waals surface area contributed by atoms with Crippen LogP contribution in [-0.4, -0.2) is 36.6 Å². The molecule has 0 aliphatic heterocycles. The lowest BCUT2D eigenvalue weighted by atomic mass is 10.2. The number of benzene rings is 2. The Morgan fingerprint density at radius 1 is 1.14 bits per heavy atom. The summed E-state index contributed by atoms with van der Waals surface area (Å²) in [6, 6.07) is 11.3. The van der Waals surface area contributed by atoms with E-state index in [1.807, 2.05) is 19.1 Å². The normalized spacial score (nSPS) is 11.3. The number of nitrogens with one attached hydrogen (secondary N) is 1. The minimum atomic E-state index is -1.17. The van der Waals surface area contributed by atoms with Crippen molar-refractivity contribution in [3.63, 3.8) is 0 Å². The summed E-state index contributed by atoms with van der Waals surface area (Å²) in [7, 11) is 1.37. The van der Waals surface area contributed by atoms with Crippen LogP contribution in [-0.2, 0) is 20.7 Å². The zero-order valence-electron chi connectivity index (χ0n) is 16.3. The average Bonchev–Trinajstić information content (AvgIpc) is 2.72. The first kappa shape index (κ1) is 21.7. The highest BCUT2D eigenvalue weighted by Gasteiger charge is 2.22. The molecule has 154 valence electrons. The molecule has 1 atom stereocenters. The van der Waals surface area contributed by atoms with Crippen LogP contribution in [0.1, 0.15) is 19.4 Å². The van der Waals surface area contributed by atoms with E-state index in [-0.39, 0.29) is 23.7 Å². The molecule has 0 saturated carbocycles. The number of carbonyl (C=O) groups is 2. The third kappa shape index (κ3) is 6.20. The molecule has 2 aromatic rings. The number of rotatable bonds is 9. The molecule has 1 N–H and O–H groups in total. The van der Waals surface area contributed by atoms with Gasteiger partial charge in [0, 0.05) is 0 Å². The van der Waals surface area contributed by atoms with Gasteiger partial charge in [0.1, 0.15) is 17.2 Å². The molecule has 0 heterocycles. The van der Waals surface area contributed by atoms with Crippen LogP contribution in [0.4, 0.5) is 11.4 Å². The van der Waals surface area contributed by atoms with Crippen molar-refractivity contribution in [3.8, 4) is 11.5 Å². The fourth-order valence-corrected chi connectivity index (χ4v) is 2.38. The van der Waals surface area contributed by atoms with Crippen LogP contribution in [0.25, 0.3) is 0 Å². The van der Waals surface area contributed by atoms with E-state index in [0.717, 1.165) is 12.0 Å². The second-order valence-corrected chi connectivity index (χ2v) is 6.05. The molecule has 0 fully saturated rings. The predicted molar refractivity (Wildman–Crippen MR) is 105 cm³/mol. The number of aryl methyl sites for hydroxylation is 1. The van der Waals surface area contributed by atoms with E-state index in [1.165, 1.54) is 32.2 Å². The Morgan fingerprint density at radius 2 is 1.79 bits per heavy atom. The lowest BCUT2D eigenvalue weighted by Crippen LogP contribution is -2.31. The molecule has 0 saturated heterocycles. The van der Waals surface area contributed by atoms with Crippen LogP contribution in [0.2, 0.25) is 0 Å². The zero-order chi connectivity index (χ0) is 21.4. The van der Waals surface area contributed by atoms with Crippen LogP contribution < -0.4 is 14.8 Å². The molecule has 2 aromatic carbocycles. The molecule has 1 unspecified atom stereocenters. The Hall–Kier alpha value is -3.62. The Balaban J connectivity index is 1.91. The molecule has 0 bridgehead atoms. The van der Waals surface area contributed by atoms with E-state index < -0.39 is 22.9 Å². The van der Waals surface area contributed by atoms with E-state index in [0.29, 0.717) is 5.75 Å². The van der Waals surface area contributed by atoms with Gasteiger partial charge in [0.05, 0.1) is 18.1 Å². The fourth-order valence-electron chi connectivity index (χ4n) is 2.38. The second kappa shape index (κ2) is 10.1. The lowest BCUT2D eigenvalue weighted by Gasteiger charge is -2.14. The first-order chi connectivity index (χ1) is 13.8. The van der Waals surface area contributed by atoms with Crippen molar-refractivity contribution >= 4 is 23.3 Å². The maximum absolute atomic E-state index is 12.2. The van der Waals surface area contributed by atoms with Gasteiger partial charge in [0.15, 0.2) is 12.7 Å². The van der Waals surface area contributed by atoms with Gasteiger partial charge in [-0.25, -0.2) is 4.79 Å². The number of hydrogen-bond acceptors (Lipinski definition) is 7. The van der Waals surface area contributed by atoms with Crippen molar-refractivity contribution in [2.75, 3.05) is 19.0 Å². The maximum Gasteiger partial charge on any atom is 0.344 e. The van der Waals surface area contributed by atoms with E-state index in [2.05, 4.69) is 5.32 Å². The number of methoxy groups -OCH3 is 1. The summed E-state index contributed by atoms with van der Waals surface area (Å²) in [5.74, 6) is -0.668. The summed E-state index contributed by atoms with van der Waals surface area (Å²) in [5.41, 5.74) is 0.767. The van der Waals surface area contributed by atoms with Crippen molar-refractivity contribution in [1.29, 1.82) is 0 Å². The van der Waals surface area contributed by atoms with Gasteiger partial charge in [-0.15, -0.1) is 0 Å². The van der Waals surface area contributed by atoms with Gasteiger partial charge in [-0.1, -0.05) is 19.1 Å². The summed E-state index contributed by atoms with van der Waals surface area (Å²) in [4.78, 5) is 34.7. The Kier molecular flexibility index (Phi) is 7.53. The minimum Gasteiger partial charge on any atom is -0.496 e. The molecule has 0 spiro atoms. The summed E-state index contributed by atoms with van der Waals surface area (Å²) >= 11 is 0. The van der Waals surface area contributed by atoms with Crippen molar-refractivity contribution in [2.45, 2.75) is 26.4 Å². The zero-order valence-corrected chi connectivity index (χ0v) is 16.3. The largest absolute Gasteiger partial charge is 0.496 e. The number of ether oxygens (including phenoxy) is 3. The number of amides is 1. The van der Waals surface area contributed by atoms with Gasteiger partial charge in [-0.3, -0.25) is 14.9 Å². The summed E-state index contributed by atoms with van der Waals surface area (Å²) in [6.07, 6.45) is -0.281. The molecule has 0 aromatic heterocycles. The van der Waals surface area contributed by atoms with Crippen LogP contribution >= 0.6 is 0 Å². The standard InChI is InChI=1S/C20H22N2O7/c1-4-14-5-7-15(8-6-14)28-12-19(23)29-13(2)20(24)21-17-10-9-16(27-3)11-18(17)22(25)26/h5-11,13H,4,12H2,1-3H3,(H,21,24). The highest BCUT2D eigenvalue weighted by molar-refractivity contribution is 5.97. The second-order valence-electron chi connectivity index (χ2n) is 6.05. The highest BCUT2D eigenvalue weighted by Crippen LogP contribution is 2.29. The minimum absolute atomic E-state index is 0.0315. The maximum atomic E-state index is 12.2. The van der Waals surface area contributed by atoms with Gasteiger partial charge in [0.2, 0.25) is 0 Å². The van der Waals surface area contributed by atoms with Gasteiger partial charge >= 0.3 is 5.97 Å². The van der Waals surface area contributed by atoms with Crippen molar-refractivity contribution in [3.05, 3.63) is 58.1 Å². The number of hydrogen-bond donors (Lipinski definition) is 1. The molecule has 0 radical (unpaired) electrons. The number of carbonyl (C=O) groups excluding carboxylic acids is 2. The Labute approximate surface area is 167 Å². The predicted octanol–water partition coefficient (Wildman–Crippen LogP) is 3.12. The smallest absolute Gasteiger partial charge is 0.344 e. The third-order valence-corrected chi connectivity index (χ3v) is 4.03. The monoisotopic (exact) mass is 402 g/mol. The lowest BCUT2D eigenvalue weighted by molar-refractivity contribution is -0.384. The van der Waals surface area contributed by atoms with Crippen LogP contribution in [0.15, 0.2) is 42.5 Å². The quantitative estimate of drug-likeness (QED) is 0.389. The van der Waals surface area contributed by atoms with Crippen LogP contribution in [0, 0.1) is 10.1 Å². The summed E-state index contributed by atoms with van der Waals surface area (Å²) in [5, 5.41) is 13.6. The highest BCUT2D eigenvalue weighted by atomic mass is 16.6. The van der Waals surface area contributed by atoms with Crippen molar-refractivity contribution in [1.82, 2.24) is 0 Å². The molecule has 9 heteroatoms. The van der Waals surface area contributed by atoms with Gasteiger partial charge in [-0.05, 0) is 43.2 Å². The third-order valence-electron chi connectivity index (χ3n) is 4.03. The van der Waals surface area contributed by atoms with E-state index in [9.17, 15) is 19.7 Å². The fraction of sp³-hybridized carbons (Fsp3) is 0.300. The number of nitro groups is 1. The van der Waals surface area contributed by atoms with E-state index >= 15 is 0 Å².